The second-order valence-corrected chi connectivity index (χ2v) is 4.54. The van der Waals surface area contributed by atoms with Crippen LogP contribution in [0.15, 0.2) is 30.5 Å². The molecule has 0 fully saturated rings. The predicted octanol–water partition coefficient (Wildman–Crippen LogP) is 1.88. The van der Waals surface area contributed by atoms with E-state index in [-0.39, 0.29) is 13.2 Å². The van der Waals surface area contributed by atoms with Crippen LogP contribution in [0.3, 0.4) is 0 Å². The quantitative estimate of drug-likeness (QED) is 0.910. The van der Waals surface area contributed by atoms with Gasteiger partial charge in [0.2, 0.25) is 0 Å². The number of hydrogen-bond donors (Lipinski definition) is 1. The predicted molar refractivity (Wildman–Crippen MR) is 71.9 cm³/mol. The molecule has 1 N–H and O–H groups in total. The van der Waals surface area contributed by atoms with Crippen LogP contribution in [-0.4, -0.2) is 46.6 Å². The van der Waals surface area contributed by atoms with Gasteiger partial charge in [0.25, 0.3) is 12.3 Å². The Labute approximate surface area is 115 Å². The lowest BCUT2D eigenvalue weighted by molar-refractivity contribution is 0.0510. The Balaban J connectivity index is 2.38. The van der Waals surface area contributed by atoms with Crippen molar-refractivity contribution in [2.45, 2.75) is 6.43 Å². The number of aliphatic hydroxyl groups excluding tert-OH is 1. The molecule has 0 aliphatic carbocycles. The molecule has 2 rings (SSSR count). The molecule has 0 saturated carbocycles. The summed E-state index contributed by atoms with van der Waals surface area (Å²) in [5.74, 6) is -0.490. The molecule has 1 aromatic carbocycles. The highest BCUT2D eigenvalue weighted by molar-refractivity contribution is 6.07. The fraction of sp³-hybridized carbons (Fsp3) is 0.357. The molecule has 0 saturated heterocycles. The number of halogens is 2. The van der Waals surface area contributed by atoms with E-state index in [1.165, 1.54) is 0 Å². The minimum Gasteiger partial charge on any atom is -0.395 e. The summed E-state index contributed by atoms with van der Waals surface area (Å²) in [7, 11) is 1.79. The first-order valence-corrected chi connectivity index (χ1v) is 6.27. The molecule has 6 heteroatoms. The Hall–Kier alpha value is -1.95. The highest BCUT2D eigenvalue weighted by Gasteiger charge is 2.22. The number of rotatable bonds is 5. The maximum Gasteiger partial charge on any atom is 0.256 e. The van der Waals surface area contributed by atoms with E-state index in [1.807, 2.05) is 12.1 Å². The largest absolute Gasteiger partial charge is 0.395 e. The normalized spacial score (nSPS) is 11.2. The van der Waals surface area contributed by atoms with Crippen LogP contribution in [0.2, 0.25) is 0 Å². The number of alkyl halides is 2. The van der Waals surface area contributed by atoms with E-state index in [4.69, 9.17) is 5.11 Å². The number of carbonyl (C=O) groups excluding carboxylic acids is 1. The molecular weight excluding hydrogens is 266 g/mol. The van der Waals surface area contributed by atoms with E-state index in [2.05, 4.69) is 0 Å². The fourth-order valence-corrected chi connectivity index (χ4v) is 2.25. The van der Waals surface area contributed by atoms with Crippen molar-refractivity contribution < 1.29 is 18.7 Å². The zero-order valence-electron chi connectivity index (χ0n) is 11.1. The summed E-state index contributed by atoms with van der Waals surface area (Å²) in [5.41, 5.74) is 1.23. The average Bonchev–Trinajstić information content (AvgIpc) is 2.75. The van der Waals surface area contributed by atoms with Gasteiger partial charge in [-0.3, -0.25) is 4.79 Å². The van der Waals surface area contributed by atoms with Crippen molar-refractivity contribution in [1.82, 2.24) is 9.47 Å². The molecule has 4 nitrogen and oxygen atoms in total. The molecule has 20 heavy (non-hydrogen) atoms. The number of para-hydroxylation sites is 1. The molecule has 1 heterocycles. The third-order valence-electron chi connectivity index (χ3n) is 3.14. The van der Waals surface area contributed by atoms with Gasteiger partial charge in [-0.05, 0) is 6.07 Å². The summed E-state index contributed by atoms with van der Waals surface area (Å²) >= 11 is 0. The third kappa shape index (κ3) is 2.80. The number of fused-ring (bicyclic) bond motifs is 1. The van der Waals surface area contributed by atoms with Gasteiger partial charge >= 0.3 is 0 Å². The minimum absolute atomic E-state index is 0.105. The van der Waals surface area contributed by atoms with Crippen LogP contribution in [0.4, 0.5) is 8.78 Å². The topological polar surface area (TPSA) is 45.5 Å². The van der Waals surface area contributed by atoms with Crippen molar-refractivity contribution in [3.05, 3.63) is 36.0 Å². The Bertz CT molecular complexity index is 610. The number of aromatic nitrogens is 1. The van der Waals surface area contributed by atoms with Crippen molar-refractivity contribution in [3.63, 3.8) is 0 Å². The van der Waals surface area contributed by atoms with Crippen LogP contribution < -0.4 is 0 Å². The first-order valence-electron chi connectivity index (χ1n) is 6.27. The van der Waals surface area contributed by atoms with Crippen LogP contribution in [-0.2, 0) is 7.05 Å². The van der Waals surface area contributed by atoms with Gasteiger partial charge in [-0.2, -0.15) is 0 Å². The highest BCUT2D eigenvalue weighted by Crippen LogP contribution is 2.22. The van der Waals surface area contributed by atoms with E-state index in [1.54, 1.807) is 29.9 Å². The fourth-order valence-electron chi connectivity index (χ4n) is 2.25. The number of benzene rings is 1. The number of aliphatic hydroxyl groups is 1. The van der Waals surface area contributed by atoms with E-state index < -0.39 is 18.9 Å². The molecule has 0 unspecified atom stereocenters. The van der Waals surface area contributed by atoms with Crippen LogP contribution >= 0.6 is 0 Å². The molecule has 1 amide bonds. The number of carbonyl (C=O) groups is 1. The zero-order valence-corrected chi connectivity index (χ0v) is 11.1. The third-order valence-corrected chi connectivity index (χ3v) is 3.14. The summed E-state index contributed by atoms with van der Waals surface area (Å²) in [6, 6.07) is 7.28. The van der Waals surface area contributed by atoms with Gasteiger partial charge < -0.3 is 14.6 Å². The van der Waals surface area contributed by atoms with Crippen molar-refractivity contribution in [3.8, 4) is 0 Å². The summed E-state index contributed by atoms with van der Waals surface area (Å²) in [6.45, 7) is -1.13. The molecular formula is C14H16F2N2O2. The van der Waals surface area contributed by atoms with E-state index >= 15 is 0 Å². The smallest absolute Gasteiger partial charge is 0.256 e. The molecule has 0 atom stereocenters. The monoisotopic (exact) mass is 282 g/mol. The summed E-state index contributed by atoms with van der Waals surface area (Å²) in [6.07, 6.45) is -0.997. The molecule has 0 radical (unpaired) electrons. The van der Waals surface area contributed by atoms with Gasteiger partial charge in [0.15, 0.2) is 0 Å². The van der Waals surface area contributed by atoms with Crippen LogP contribution in [0, 0.1) is 0 Å². The molecule has 0 aliphatic rings. The van der Waals surface area contributed by atoms with Gasteiger partial charge in [0.05, 0.1) is 18.7 Å². The maximum absolute atomic E-state index is 12.5. The lowest BCUT2D eigenvalue weighted by Crippen LogP contribution is -2.37. The second kappa shape index (κ2) is 6.00. The van der Waals surface area contributed by atoms with Gasteiger partial charge in [-0.25, -0.2) is 8.78 Å². The number of nitrogens with zero attached hydrogens (tertiary/aromatic N) is 2. The minimum atomic E-state index is -2.62. The van der Waals surface area contributed by atoms with Crippen molar-refractivity contribution >= 4 is 16.8 Å². The molecule has 0 aliphatic heterocycles. The second-order valence-electron chi connectivity index (χ2n) is 4.54. The van der Waals surface area contributed by atoms with Gasteiger partial charge in [0.1, 0.15) is 0 Å². The van der Waals surface area contributed by atoms with Gasteiger partial charge in [-0.15, -0.1) is 0 Å². The van der Waals surface area contributed by atoms with E-state index in [0.29, 0.717) is 5.56 Å². The number of aryl methyl sites for hydroxylation is 1. The Morgan fingerprint density at radius 3 is 2.75 bits per heavy atom. The molecule has 1 aromatic heterocycles. The van der Waals surface area contributed by atoms with E-state index in [9.17, 15) is 13.6 Å². The molecule has 0 spiro atoms. The van der Waals surface area contributed by atoms with Crippen molar-refractivity contribution in [1.29, 1.82) is 0 Å². The lowest BCUT2D eigenvalue weighted by Gasteiger charge is -2.20. The van der Waals surface area contributed by atoms with Gasteiger partial charge in [-0.1, -0.05) is 18.2 Å². The van der Waals surface area contributed by atoms with Crippen molar-refractivity contribution in [2.75, 3.05) is 19.7 Å². The Morgan fingerprint density at radius 1 is 1.40 bits per heavy atom. The summed E-state index contributed by atoms with van der Waals surface area (Å²) in [5, 5.41) is 9.64. The molecule has 0 bridgehead atoms. The lowest BCUT2D eigenvalue weighted by atomic mass is 10.1. The Morgan fingerprint density at radius 2 is 2.10 bits per heavy atom. The summed E-state index contributed by atoms with van der Waals surface area (Å²) < 4.78 is 26.8. The first kappa shape index (κ1) is 14.5. The van der Waals surface area contributed by atoms with Crippen molar-refractivity contribution in [2.24, 2.45) is 7.05 Å². The van der Waals surface area contributed by atoms with Gasteiger partial charge in [0, 0.05) is 30.7 Å². The standard InChI is InChI=1S/C14H16F2N2O2/c1-17-8-11(10-4-2-3-5-12(10)17)14(20)18(6-7-19)9-13(15)16/h2-5,8,13,19H,6-7,9H2,1H3. The number of hydrogen-bond acceptors (Lipinski definition) is 2. The first-order chi connectivity index (χ1) is 9.54. The van der Waals surface area contributed by atoms with Crippen LogP contribution in [0.25, 0.3) is 10.9 Å². The Kier molecular flexibility index (Phi) is 4.34. The molecule has 108 valence electrons. The van der Waals surface area contributed by atoms with Crippen LogP contribution in [0.5, 0.6) is 0 Å². The zero-order chi connectivity index (χ0) is 14.7. The van der Waals surface area contributed by atoms with E-state index in [0.717, 1.165) is 15.8 Å². The number of amides is 1. The average molecular weight is 282 g/mol. The summed E-state index contributed by atoms with van der Waals surface area (Å²) in [4.78, 5) is 13.3. The molecule has 2 aromatic rings. The SMILES string of the molecule is Cn1cc(C(=O)N(CCO)CC(F)F)c2ccccc21. The highest BCUT2D eigenvalue weighted by atomic mass is 19.3. The maximum atomic E-state index is 12.5. The van der Waals surface area contributed by atoms with Crippen LogP contribution in [0.1, 0.15) is 10.4 Å².